The summed E-state index contributed by atoms with van der Waals surface area (Å²) in [6, 6.07) is 10.1. The highest BCUT2D eigenvalue weighted by Gasteiger charge is 2.73. The van der Waals surface area contributed by atoms with Crippen LogP contribution < -0.4 is 0 Å². The van der Waals surface area contributed by atoms with Crippen molar-refractivity contribution in [1.82, 2.24) is 0 Å². The van der Waals surface area contributed by atoms with E-state index in [0.717, 1.165) is 5.56 Å². The molecular formula is C23H26O. The summed E-state index contributed by atoms with van der Waals surface area (Å²) in [7, 11) is 0. The fourth-order valence-electron chi connectivity index (χ4n) is 7.25. The Hall–Kier alpha value is -1.63. The Morgan fingerprint density at radius 2 is 1.33 bits per heavy atom. The normalized spacial score (nSPS) is 42.2. The van der Waals surface area contributed by atoms with E-state index < -0.39 is 0 Å². The molecule has 4 atom stereocenters. The minimum Gasteiger partial charge on any atom is -0.293 e. The summed E-state index contributed by atoms with van der Waals surface area (Å²) in [5.41, 5.74) is 7.03. The van der Waals surface area contributed by atoms with Gasteiger partial charge in [0.15, 0.2) is 5.78 Å². The van der Waals surface area contributed by atoms with Gasteiger partial charge in [0.2, 0.25) is 0 Å². The Labute approximate surface area is 144 Å². The minimum absolute atomic E-state index is 0.149. The number of carbonyl (C=O) groups excluding carboxylic acids is 1. The summed E-state index contributed by atoms with van der Waals surface area (Å²) < 4.78 is 0. The van der Waals surface area contributed by atoms with Gasteiger partial charge < -0.3 is 0 Å². The molecule has 4 bridgehead atoms. The quantitative estimate of drug-likeness (QED) is 0.403. The fraction of sp³-hybridized carbons (Fsp3) is 0.522. The average molecular weight is 318 g/mol. The number of rotatable bonds is 2. The molecule has 4 unspecified atom stereocenters. The Bertz CT molecular complexity index is 770. The van der Waals surface area contributed by atoms with Crippen molar-refractivity contribution in [3.8, 4) is 0 Å². The smallest absolute Gasteiger partial charge is 0.170 e. The fourth-order valence-corrected chi connectivity index (χ4v) is 7.25. The van der Waals surface area contributed by atoms with Gasteiger partial charge >= 0.3 is 0 Å². The first-order chi connectivity index (χ1) is 11.5. The van der Waals surface area contributed by atoms with Crippen LogP contribution in [0.4, 0.5) is 0 Å². The lowest BCUT2D eigenvalue weighted by Crippen LogP contribution is -2.48. The van der Waals surface area contributed by atoms with E-state index in [1.807, 2.05) is 30.3 Å². The monoisotopic (exact) mass is 318 g/mol. The number of ketones is 1. The summed E-state index contributed by atoms with van der Waals surface area (Å²) in [5, 5.41) is 0. The van der Waals surface area contributed by atoms with Crippen LogP contribution in [0.15, 0.2) is 52.6 Å². The highest BCUT2D eigenvalue weighted by Crippen LogP contribution is 2.76. The molecule has 1 aromatic carbocycles. The third-order valence-electron chi connectivity index (χ3n) is 8.38. The van der Waals surface area contributed by atoms with Gasteiger partial charge in [-0.1, -0.05) is 52.6 Å². The Balaban J connectivity index is 1.74. The summed E-state index contributed by atoms with van der Waals surface area (Å²) in [6.45, 7) is 9.26. The molecule has 0 spiro atoms. The second-order valence-corrected chi connectivity index (χ2v) is 8.68. The van der Waals surface area contributed by atoms with Crippen molar-refractivity contribution in [3.05, 3.63) is 58.2 Å². The molecule has 0 aromatic heterocycles. The first kappa shape index (κ1) is 14.7. The number of fused-ring (bicyclic) bond motifs is 9. The topological polar surface area (TPSA) is 17.1 Å². The molecule has 0 aliphatic heterocycles. The van der Waals surface area contributed by atoms with Gasteiger partial charge in [-0.25, -0.2) is 0 Å². The van der Waals surface area contributed by atoms with Crippen molar-refractivity contribution in [2.24, 2.45) is 35.0 Å². The van der Waals surface area contributed by atoms with Crippen LogP contribution in [0.1, 0.15) is 50.9 Å². The largest absolute Gasteiger partial charge is 0.293 e. The maximum absolute atomic E-state index is 13.9. The van der Waals surface area contributed by atoms with Gasteiger partial charge in [-0.3, -0.25) is 4.79 Å². The van der Waals surface area contributed by atoms with E-state index in [1.54, 1.807) is 11.1 Å². The van der Waals surface area contributed by atoms with Crippen LogP contribution in [-0.2, 0) is 0 Å². The summed E-state index contributed by atoms with van der Waals surface area (Å²) >= 11 is 0. The second-order valence-electron chi connectivity index (χ2n) is 8.68. The highest BCUT2D eigenvalue weighted by atomic mass is 16.1. The molecule has 5 rings (SSSR count). The lowest BCUT2D eigenvalue weighted by molar-refractivity contribution is 0.0528. The van der Waals surface area contributed by atoms with Crippen LogP contribution in [0, 0.1) is 35.0 Å². The van der Waals surface area contributed by atoms with Crippen LogP contribution in [0.2, 0.25) is 0 Å². The average Bonchev–Trinajstić information content (AvgIpc) is 3.28. The van der Waals surface area contributed by atoms with Gasteiger partial charge in [-0.05, 0) is 70.1 Å². The predicted octanol–water partition coefficient (Wildman–Crippen LogP) is 5.44. The Kier molecular flexibility index (Phi) is 2.76. The zero-order valence-electron chi connectivity index (χ0n) is 15.1. The standard InChI is InChI=1S/C23H26O/c1-12-14(3)19-10-17(12)21-18-11-20(15(4)13(18)2)23(19,21)22(24)16-8-6-5-7-9-16/h5-9,17-21H,10-11H2,1-4H3. The molecule has 2 fully saturated rings. The maximum atomic E-state index is 13.9. The molecule has 2 saturated carbocycles. The van der Waals surface area contributed by atoms with E-state index in [4.69, 9.17) is 0 Å². The number of hydrogen-bond donors (Lipinski definition) is 0. The van der Waals surface area contributed by atoms with Crippen molar-refractivity contribution in [1.29, 1.82) is 0 Å². The number of benzene rings is 1. The minimum atomic E-state index is -0.149. The number of Topliss-reactive ketones (excluding diaryl/α,β-unsaturated/α-hetero) is 1. The molecule has 4 aliphatic rings. The molecule has 0 saturated heterocycles. The first-order valence-corrected chi connectivity index (χ1v) is 9.44. The zero-order valence-corrected chi connectivity index (χ0v) is 15.1. The Morgan fingerprint density at radius 1 is 0.833 bits per heavy atom. The van der Waals surface area contributed by atoms with Gasteiger partial charge in [0.25, 0.3) is 0 Å². The van der Waals surface area contributed by atoms with E-state index in [2.05, 4.69) is 27.7 Å². The molecule has 1 heteroatoms. The van der Waals surface area contributed by atoms with Crippen molar-refractivity contribution < 1.29 is 4.79 Å². The molecular weight excluding hydrogens is 292 g/mol. The highest BCUT2D eigenvalue weighted by molar-refractivity contribution is 6.03. The third kappa shape index (κ3) is 1.38. The van der Waals surface area contributed by atoms with Crippen molar-refractivity contribution in [3.63, 3.8) is 0 Å². The van der Waals surface area contributed by atoms with Crippen LogP contribution in [0.25, 0.3) is 0 Å². The Morgan fingerprint density at radius 3 is 1.83 bits per heavy atom. The third-order valence-corrected chi connectivity index (χ3v) is 8.38. The molecule has 124 valence electrons. The van der Waals surface area contributed by atoms with Crippen molar-refractivity contribution in [2.45, 2.75) is 40.5 Å². The molecule has 24 heavy (non-hydrogen) atoms. The summed E-state index contributed by atoms with van der Waals surface area (Å²) in [5.74, 6) is 3.21. The van der Waals surface area contributed by atoms with Crippen molar-refractivity contribution in [2.75, 3.05) is 0 Å². The number of hydrogen-bond acceptors (Lipinski definition) is 1. The molecule has 0 amide bonds. The van der Waals surface area contributed by atoms with Gasteiger partial charge in [-0.2, -0.15) is 0 Å². The lowest BCUT2D eigenvalue weighted by atomic mass is 9.54. The molecule has 1 nitrogen and oxygen atoms in total. The van der Waals surface area contributed by atoms with Gasteiger partial charge in [0, 0.05) is 5.56 Å². The number of carbonyl (C=O) groups is 1. The van der Waals surface area contributed by atoms with Crippen LogP contribution >= 0.6 is 0 Å². The molecule has 0 heterocycles. The van der Waals surface area contributed by atoms with E-state index >= 15 is 0 Å². The van der Waals surface area contributed by atoms with Crippen LogP contribution in [0.5, 0.6) is 0 Å². The zero-order chi connectivity index (χ0) is 16.8. The lowest BCUT2D eigenvalue weighted by Gasteiger charge is -2.47. The van der Waals surface area contributed by atoms with Crippen molar-refractivity contribution >= 4 is 5.78 Å². The van der Waals surface area contributed by atoms with E-state index in [0.29, 0.717) is 35.4 Å². The second kappa shape index (κ2) is 4.50. The summed E-state index contributed by atoms with van der Waals surface area (Å²) in [4.78, 5) is 13.9. The van der Waals surface area contributed by atoms with E-state index in [9.17, 15) is 4.79 Å². The number of allylic oxidation sites excluding steroid dienone is 4. The van der Waals surface area contributed by atoms with Crippen LogP contribution in [-0.4, -0.2) is 5.78 Å². The molecule has 0 radical (unpaired) electrons. The first-order valence-electron chi connectivity index (χ1n) is 9.44. The molecule has 1 aromatic rings. The molecule has 4 aliphatic carbocycles. The van der Waals surface area contributed by atoms with E-state index in [1.165, 1.54) is 24.0 Å². The maximum Gasteiger partial charge on any atom is 0.170 e. The van der Waals surface area contributed by atoms with Gasteiger partial charge in [0.05, 0.1) is 5.41 Å². The molecule has 0 N–H and O–H groups in total. The summed E-state index contributed by atoms with van der Waals surface area (Å²) in [6.07, 6.45) is 2.43. The van der Waals surface area contributed by atoms with Gasteiger partial charge in [0.1, 0.15) is 0 Å². The van der Waals surface area contributed by atoms with Gasteiger partial charge in [-0.15, -0.1) is 0 Å². The predicted molar refractivity (Wildman–Crippen MR) is 96.6 cm³/mol. The van der Waals surface area contributed by atoms with Crippen LogP contribution in [0.3, 0.4) is 0 Å². The SMILES string of the molecule is CC1=C(C)C2CC1C1C3CC(C(C)=C3C)C21C(=O)c1ccccc1. The van der Waals surface area contributed by atoms with E-state index in [-0.39, 0.29) is 5.41 Å².